The molecule has 1 aliphatic heterocycles. The van der Waals surface area contributed by atoms with E-state index < -0.39 is 0 Å². The minimum Gasteiger partial charge on any atom is -0.496 e. The third kappa shape index (κ3) is 5.13. The highest BCUT2D eigenvalue weighted by Crippen LogP contribution is 2.48. The van der Waals surface area contributed by atoms with Crippen LogP contribution >= 0.6 is 0 Å². The van der Waals surface area contributed by atoms with Gasteiger partial charge in [0.1, 0.15) is 11.5 Å². The molecule has 1 unspecified atom stereocenters. The van der Waals surface area contributed by atoms with E-state index in [1.165, 1.54) is 0 Å². The number of Topliss-reactive ketones (excluding diaryl/α,β-unsaturated/α-hetero) is 1. The summed E-state index contributed by atoms with van der Waals surface area (Å²) in [7, 11) is 7.30. The molecular weight excluding hydrogens is 394 g/mol. The van der Waals surface area contributed by atoms with Gasteiger partial charge in [0.25, 0.3) is 0 Å². The van der Waals surface area contributed by atoms with Crippen LogP contribution in [0.4, 0.5) is 0 Å². The largest absolute Gasteiger partial charge is 0.496 e. The van der Waals surface area contributed by atoms with E-state index >= 15 is 0 Å². The van der Waals surface area contributed by atoms with Crippen molar-refractivity contribution in [3.63, 3.8) is 0 Å². The second kappa shape index (κ2) is 10.5. The number of aryl methyl sites for hydroxylation is 2. The SMILES string of the molecule is CCCc1cc2c(c(OC)c1C(CC(=O)CCc1ccccc1OC)N(C)C)OCO2. The molecule has 0 saturated carbocycles. The number of hydrogen-bond acceptors (Lipinski definition) is 6. The van der Waals surface area contributed by atoms with E-state index in [1.54, 1.807) is 14.2 Å². The van der Waals surface area contributed by atoms with Crippen molar-refractivity contribution >= 4 is 5.78 Å². The predicted octanol–water partition coefficient (Wildman–Crippen LogP) is 4.58. The van der Waals surface area contributed by atoms with Gasteiger partial charge in [0.2, 0.25) is 12.5 Å². The van der Waals surface area contributed by atoms with Crippen LogP contribution in [0.5, 0.6) is 23.0 Å². The summed E-state index contributed by atoms with van der Waals surface area (Å²) >= 11 is 0. The van der Waals surface area contributed by atoms with E-state index in [0.29, 0.717) is 36.5 Å². The normalized spacial score (nSPS) is 13.4. The summed E-state index contributed by atoms with van der Waals surface area (Å²) < 4.78 is 22.5. The molecule has 0 radical (unpaired) electrons. The molecule has 0 saturated heterocycles. The van der Waals surface area contributed by atoms with Crippen molar-refractivity contribution in [2.75, 3.05) is 35.1 Å². The Morgan fingerprint density at radius 3 is 2.55 bits per heavy atom. The fraction of sp³-hybridized carbons (Fsp3) is 0.480. The lowest BCUT2D eigenvalue weighted by Gasteiger charge is -2.28. The zero-order valence-electron chi connectivity index (χ0n) is 19.2. The number of hydrogen-bond donors (Lipinski definition) is 0. The van der Waals surface area contributed by atoms with Crippen molar-refractivity contribution in [2.45, 2.75) is 45.1 Å². The molecule has 6 nitrogen and oxygen atoms in total. The number of ether oxygens (including phenoxy) is 4. The highest BCUT2D eigenvalue weighted by Gasteiger charge is 2.31. The summed E-state index contributed by atoms with van der Waals surface area (Å²) in [5.41, 5.74) is 3.20. The third-order valence-electron chi connectivity index (χ3n) is 5.71. The molecule has 0 amide bonds. The van der Waals surface area contributed by atoms with Crippen LogP contribution in [-0.4, -0.2) is 45.8 Å². The summed E-state index contributed by atoms with van der Waals surface area (Å²) in [6.45, 7) is 2.33. The zero-order valence-corrected chi connectivity index (χ0v) is 19.2. The number of benzene rings is 2. The first-order valence-corrected chi connectivity index (χ1v) is 10.8. The smallest absolute Gasteiger partial charge is 0.231 e. The van der Waals surface area contributed by atoms with Gasteiger partial charge in [-0.25, -0.2) is 0 Å². The van der Waals surface area contributed by atoms with E-state index in [2.05, 4.69) is 11.8 Å². The van der Waals surface area contributed by atoms with Crippen LogP contribution < -0.4 is 18.9 Å². The van der Waals surface area contributed by atoms with Gasteiger partial charge in [0.05, 0.1) is 14.2 Å². The van der Waals surface area contributed by atoms with Crippen molar-refractivity contribution in [1.82, 2.24) is 4.90 Å². The predicted molar refractivity (Wildman–Crippen MR) is 120 cm³/mol. The van der Waals surface area contributed by atoms with Crippen molar-refractivity contribution in [3.8, 4) is 23.0 Å². The van der Waals surface area contributed by atoms with Crippen LogP contribution in [0, 0.1) is 0 Å². The first-order chi connectivity index (χ1) is 15.0. The number of rotatable bonds is 11. The second-order valence-electron chi connectivity index (χ2n) is 8.00. The maximum Gasteiger partial charge on any atom is 0.231 e. The van der Waals surface area contributed by atoms with Gasteiger partial charge in [0.15, 0.2) is 11.5 Å². The summed E-state index contributed by atoms with van der Waals surface area (Å²) in [5, 5.41) is 0. The minimum atomic E-state index is -0.115. The van der Waals surface area contributed by atoms with Crippen LogP contribution in [0.3, 0.4) is 0 Å². The van der Waals surface area contributed by atoms with Gasteiger partial charge < -0.3 is 23.8 Å². The van der Waals surface area contributed by atoms with Crippen molar-refractivity contribution in [1.29, 1.82) is 0 Å². The summed E-state index contributed by atoms with van der Waals surface area (Å²) in [6, 6.07) is 9.77. The number of methoxy groups -OCH3 is 2. The molecule has 1 heterocycles. The Balaban J connectivity index is 1.86. The maximum atomic E-state index is 13.0. The van der Waals surface area contributed by atoms with Gasteiger partial charge in [-0.05, 0) is 50.2 Å². The van der Waals surface area contributed by atoms with Crippen LogP contribution in [0.1, 0.15) is 48.9 Å². The van der Waals surface area contributed by atoms with E-state index in [0.717, 1.165) is 35.3 Å². The Bertz CT molecular complexity index is 909. The molecule has 0 spiro atoms. The Kier molecular flexibility index (Phi) is 7.80. The monoisotopic (exact) mass is 427 g/mol. The van der Waals surface area contributed by atoms with Crippen molar-refractivity contribution < 1.29 is 23.7 Å². The van der Waals surface area contributed by atoms with Crippen molar-refractivity contribution in [3.05, 3.63) is 47.0 Å². The molecule has 3 rings (SSSR count). The Morgan fingerprint density at radius 2 is 1.87 bits per heavy atom. The summed E-state index contributed by atoms with van der Waals surface area (Å²) in [4.78, 5) is 15.1. The zero-order chi connectivity index (χ0) is 22.4. The standard InChI is InChI=1S/C25H33NO5/c1-6-9-18-14-22-24(31-16-30-22)25(29-5)23(18)20(26(2)3)15-19(27)13-12-17-10-7-8-11-21(17)28-4/h7-8,10-11,14,20H,6,9,12-13,15-16H2,1-5H3. The van der Waals surface area contributed by atoms with Crippen LogP contribution in [0.15, 0.2) is 30.3 Å². The van der Waals surface area contributed by atoms with Gasteiger partial charge in [-0.3, -0.25) is 4.79 Å². The molecule has 0 aliphatic carbocycles. The first-order valence-electron chi connectivity index (χ1n) is 10.8. The number of ketones is 1. The topological polar surface area (TPSA) is 57.2 Å². The third-order valence-corrected chi connectivity index (χ3v) is 5.71. The lowest BCUT2D eigenvalue weighted by Crippen LogP contribution is -2.25. The Labute approximate surface area is 185 Å². The molecule has 2 aromatic carbocycles. The maximum absolute atomic E-state index is 13.0. The van der Waals surface area contributed by atoms with Crippen molar-refractivity contribution in [2.24, 2.45) is 0 Å². The average molecular weight is 428 g/mol. The van der Waals surface area contributed by atoms with E-state index in [9.17, 15) is 4.79 Å². The molecule has 0 bridgehead atoms. The van der Waals surface area contributed by atoms with E-state index in [4.69, 9.17) is 18.9 Å². The highest BCUT2D eigenvalue weighted by atomic mass is 16.7. The fourth-order valence-electron chi connectivity index (χ4n) is 4.17. The molecule has 1 atom stereocenters. The van der Waals surface area contributed by atoms with Gasteiger partial charge >= 0.3 is 0 Å². The molecule has 6 heteroatoms. The minimum absolute atomic E-state index is 0.115. The fourth-order valence-corrected chi connectivity index (χ4v) is 4.17. The van der Waals surface area contributed by atoms with Gasteiger partial charge in [-0.1, -0.05) is 31.5 Å². The second-order valence-corrected chi connectivity index (χ2v) is 8.00. The van der Waals surface area contributed by atoms with Crippen LogP contribution in [0.2, 0.25) is 0 Å². The van der Waals surface area contributed by atoms with E-state index in [1.807, 2.05) is 44.4 Å². The van der Waals surface area contributed by atoms with Crippen LogP contribution in [0.25, 0.3) is 0 Å². The molecule has 0 fully saturated rings. The molecule has 0 N–H and O–H groups in total. The number of carbonyl (C=O) groups excluding carboxylic acids is 1. The molecule has 0 aromatic heterocycles. The highest BCUT2D eigenvalue weighted by molar-refractivity contribution is 5.80. The number of nitrogens with zero attached hydrogens (tertiary/aromatic N) is 1. The van der Waals surface area contributed by atoms with Crippen LogP contribution in [-0.2, 0) is 17.6 Å². The molecule has 168 valence electrons. The van der Waals surface area contributed by atoms with E-state index in [-0.39, 0.29) is 18.6 Å². The molecule has 31 heavy (non-hydrogen) atoms. The number of para-hydroxylation sites is 1. The summed E-state index contributed by atoms with van der Waals surface area (Å²) in [6.07, 6.45) is 3.37. The molecular formula is C25H33NO5. The first kappa shape index (κ1) is 22.9. The van der Waals surface area contributed by atoms with Gasteiger partial charge in [0, 0.05) is 24.4 Å². The lowest BCUT2D eigenvalue weighted by molar-refractivity contribution is -0.120. The number of carbonyl (C=O) groups is 1. The Morgan fingerprint density at radius 1 is 1.10 bits per heavy atom. The van der Waals surface area contributed by atoms with Gasteiger partial charge in [-0.2, -0.15) is 0 Å². The Hall–Kier alpha value is -2.73. The van der Waals surface area contributed by atoms with Gasteiger partial charge in [-0.15, -0.1) is 0 Å². The number of fused-ring (bicyclic) bond motifs is 1. The lowest BCUT2D eigenvalue weighted by atomic mass is 9.90. The molecule has 1 aliphatic rings. The summed E-state index contributed by atoms with van der Waals surface area (Å²) in [5.74, 6) is 3.04. The molecule has 2 aromatic rings. The average Bonchev–Trinajstić information content (AvgIpc) is 3.23. The quantitative estimate of drug-likeness (QED) is 0.523.